The van der Waals surface area contributed by atoms with E-state index in [9.17, 15) is 17.6 Å². The minimum Gasteiger partial charge on any atom is -0.205 e. The maximum Gasteiger partial charge on any atom is 0.265 e. The van der Waals surface area contributed by atoms with Crippen molar-refractivity contribution in [3.05, 3.63) is 34.9 Å². The molecule has 0 radical (unpaired) electrons. The Morgan fingerprint density at radius 3 is 2.31 bits per heavy atom. The van der Waals surface area contributed by atoms with Crippen LogP contribution >= 0.6 is 0 Å². The summed E-state index contributed by atoms with van der Waals surface area (Å²) in [5.74, 6) is -2.83. The molecule has 0 atom stereocenters. The molecule has 0 aliphatic carbocycles. The molecule has 0 amide bonds. The summed E-state index contributed by atoms with van der Waals surface area (Å²) in [6.07, 6.45) is -2.98. The van der Waals surface area contributed by atoms with Gasteiger partial charge in [-0.1, -0.05) is 0 Å². The predicted molar refractivity (Wildman–Crippen MR) is 36.0 cm³/mol. The molecule has 0 saturated carbocycles. The summed E-state index contributed by atoms with van der Waals surface area (Å²) >= 11 is 0. The summed E-state index contributed by atoms with van der Waals surface area (Å²) in [6, 6.07) is 2.45. The molecule has 0 spiro atoms. The molecule has 0 aromatic heterocycles. The van der Waals surface area contributed by atoms with Crippen molar-refractivity contribution in [3.63, 3.8) is 0 Å². The molecule has 1 nitrogen and oxygen atoms in total. The van der Waals surface area contributed by atoms with Crippen LogP contribution < -0.4 is 0 Å². The molecule has 1 rings (SSSR count). The standard InChI is InChI=1S/C8H3F4N/c9-6-2-1-4(8(11)12)5(3-13)7(6)10/h1-2,8H. The van der Waals surface area contributed by atoms with Crippen molar-refractivity contribution in [1.82, 2.24) is 0 Å². The highest BCUT2D eigenvalue weighted by atomic mass is 19.3. The molecule has 0 heterocycles. The first-order chi connectivity index (χ1) is 6.07. The number of alkyl halides is 2. The van der Waals surface area contributed by atoms with E-state index in [4.69, 9.17) is 5.26 Å². The summed E-state index contributed by atoms with van der Waals surface area (Å²) in [6.45, 7) is 0. The Morgan fingerprint density at radius 1 is 1.23 bits per heavy atom. The smallest absolute Gasteiger partial charge is 0.205 e. The molecule has 68 valence electrons. The number of hydrogen-bond donors (Lipinski definition) is 0. The lowest BCUT2D eigenvalue weighted by Gasteiger charge is -2.03. The van der Waals surface area contributed by atoms with E-state index in [0.29, 0.717) is 12.1 Å². The van der Waals surface area contributed by atoms with Crippen LogP contribution in [-0.4, -0.2) is 0 Å². The number of hydrogen-bond acceptors (Lipinski definition) is 1. The van der Waals surface area contributed by atoms with Crippen LogP contribution in [-0.2, 0) is 0 Å². The van der Waals surface area contributed by atoms with Crippen LogP contribution in [0.5, 0.6) is 0 Å². The molecule has 1 aromatic carbocycles. The molecule has 0 aliphatic rings. The summed E-state index contributed by atoms with van der Waals surface area (Å²) in [7, 11) is 0. The third-order valence-electron chi connectivity index (χ3n) is 1.47. The first kappa shape index (κ1) is 9.52. The Kier molecular flexibility index (Phi) is 2.52. The molecule has 0 fully saturated rings. The molecule has 0 N–H and O–H groups in total. The normalized spacial score (nSPS) is 10.2. The molecule has 13 heavy (non-hydrogen) atoms. The fourth-order valence-corrected chi connectivity index (χ4v) is 0.861. The zero-order valence-corrected chi connectivity index (χ0v) is 6.19. The van der Waals surface area contributed by atoms with Crippen LogP contribution in [0, 0.1) is 23.0 Å². The van der Waals surface area contributed by atoms with Gasteiger partial charge in [-0.3, -0.25) is 0 Å². The average molecular weight is 189 g/mol. The van der Waals surface area contributed by atoms with Gasteiger partial charge in [-0.15, -0.1) is 0 Å². The summed E-state index contributed by atoms with van der Waals surface area (Å²) in [5.41, 5.74) is -1.73. The van der Waals surface area contributed by atoms with Crippen molar-refractivity contribution in [2.24, 2.45) is 0 Å². The highest BCUT2D eigenvalue weighted by molar-refractivity contribution is 5.40. The van der Waals surface area contributed by atoms with E-state index in [0.717, 1.165) is 0 Å². The Hall–Kier alpha value is -1.57. The third kappa shape index (κ3) is 1.61. The quantitative estimate of drug-likeness (QED) is 0.623. The maximum atomic E-state index is 12.7. The van der Waals surface area contributed by atoms with E-state index < -0.39 is 29.2 Å². The topological polar surface area (TPSA) is 23.8 Å². The molecule has 1 aromatic rings. The zero-order valence-electron chi connectivity index (χ0n) is 6.19. The molecule has 5 heteroatoms. The van der Waals surface area contributed by atoms with Gasteiger partial charge in [0.1, 0.15) is 6.07 Å². The van der Waals surface area contributed by atoms with Gasteiger partial charge in [0.25, 0.3) is 6.43 Å². The maximum absolute atomic E-state index is 12.7. The number of halogens is 4. The molecule has 0 unspecified atom stereocenters. The average Bonchev–Trinajstić information content (AvgIpc) is 2.09. The predicted octanol–water partition coefficient (Wildman–Crippen LogP) is 2.77. The van der Waals surface area contributed by atoms with Gasteiger partial charge in [0, 0.05) is 5.56 Å². The van der Waals surface area contributed by atoms with E-state index in [1.807, 2.05) is 0 Å². The van der Waals surface area contributed by atoms with Gasteiger partial charge in [0.2, 0.25) is 0 Å². The Bertz CT molecular complexity index is 367. The van der Waals surface area contributed by atoms with Crippen LogP contribution in [0.25, 0.3) is 0 Å². The minimum absolute atomic E-state index is 0.567. The Balaban J connectivity index is 3.41. The Morgan fingerprint density at radius 2 is 1.85 bits per heavy atom. The van der Waals surface area contributed by atoms with Crippen LogP contribution in [0.1, 0.15) is 17.6 Å². The SMILES string of the molecule is N#Cc1c(C(F)F)ccc(F)c1F. The monoisotopic (exact) mass is 189 g/mol. The lowest BCUT2D eigenvalue weighted by atomic mass is 10.1. The molecular formula is C8H3F4N. The van der Waals surface area contributed by atoms with Gasteiger partial charge in [0.15, 0.2) is 11.6 Å². The summed E-state index contributed by atoms with van der Waals surface area (Å²) < 4.78 is 49.3. The van der Waals surface area contributed by atoms with E-state index in [-0.39, 0.29) is 0 Å². The van der Waals surface area contributed by atoms with Crippen molar-refractivity contribution < 1.29 is 17.6 Å². The molecule has 0 bridgehead atoms. The highest BCUT2D eigenvalue weighted by Crippen LogP contribution is 2.25. The van der Waals surface area contributed by atoms with E-state index in [1.54, 1.807) is 0 Å². The largest absolute Gasteiger partial charge is 0.265 e. The molecule has 0 aliphatic heterocycles. The first-order valence-corrected chi connectivity index (χ1v) is 3.24. The van der Waals surface area contributed by atoms with Crippen molar-refractivity contribution in [3.8, 4) is 6.07 Å². The molecular weight excluding hydrogens is 186 g/mol. The fourth-order valence-electron chi connectivity index (χ4n) is 0.861. The molecule has 0 saturated heterocycles. The van der Waals surface area contributed by atoms with Crippen LogP contribution in [0.3, 0.4) is 0 Å². The number of nitrogens with zero attached hydrogens (tertiary/aromatic N) is 1. The first-order valence-electron chi connectivity index (χ1n) is 3.24. The van der Waals surface area contributed by atoms with Gasteiger partial charge in [-0.05, 0) is 12.1 Å². The van der Waals surface area contributed by atoms with E-state index in [1.165, 1.54) is 6.07 Å². The highest BCUT2D eigenvalue weighted by Gasteiger charge is 2.19. The number of nitriles is 1. The van der Waals surface area contributed by atoms with Gasteiger partial charge in [0.05, 0.1) is 5.56 Å². The van der Waals surface area contributed by atoms with Crippen LogP contribution in [0.4, 0.5) is 17.6 Å². The second kappa shape index (κ2) is 3.44. The van der Waals surface area contributed by atoms with Gasteiger partial charge in [-0.2, -0.15) is 5.26 Å². The zero-order chi connectivity index (χ0) is 10.0. The number of benzene rings is 1. The summed E-state index contributed by atoms with van der Waals surface area (Å²) in [4.78, 5) is 0. The van der Waals surface area contributed by atoms with Crippen molar-refractivity contribution in [1.29, 1.82) is 5.26 Å². The van der Waals surface area contributed by atoms with Gasteiger partial charge >= 0.3 is 0 Å². The lowest BCUT2D eigenvalue weighted by Crippen LogP contribution is -1.97. The minimum atomic E-state index is -2.98. The van der Waals surface area contributed by atoms with Crippen molar-refractivity contribution >= 4 is 0 Å². The summed E-state index contributed by atoms with van der Waals surface area (Å²) in [5, 5.41) is 8.28. The lowest BCUT2D eigenvalue weighted by molar-refractivity contribution is 0.150. The van der Waals surface area contributed by atoms with Gasteiger partial charge in [-0.25, -0.2) is 17.6 Å². The second-order valence-corrected chi connectivity index (χ2v) is 2.24. The Labute approximate surface area is 71.2 Å². The van der Waals surface area contributed by atoms with E-state index >= 15 is 0 Å². The third-order valence-corrected chi connectivity index (χ3v) is 1.47. The van der Waals surface area contributed by atoms with Crippen LogP contribution in [0.2, 0.25) is 0 Å². The fraction of sp³-hybridized carbons (Fsp3) is 0.125. The van der Waals surface area contributed by atoms with Gasteiger partial charge < -0.3 is 0 Å². The van der Waals surface area contributed by atoms with E-state index in [2.05, 4.69) is 0 Å². The van der Waals surface area contributed by atoms with Crippen LogP contribution in [0.15, 0.2) is 12.1 Å². The van der Waals surface area contributed by atoms with Crippen molar-refractivity contribution in [2.45, 2.75) is 6.43 Å². The van der Waals surface area contributed by atoms with Crippen molar-refractivity contribution in [2.75, 3.05) is 0 Å². The second-order valence-electron chi connectivity index (χ2n) is 2.24. The number of rotatable bonds is 1.